The minimum Gasteiger partial charge on any atom is -0.484 e. The van der Waals surface area contributed by atoms with Crippen molar-refractivity contribution in [1.29, 1.82) is 0 Å². The Bertz CT molecular complexity index is 401. The lowest BCUT2D eigenvalue weighted by Gasteiger charge is -2.29. The molecule has 0 aliphatic carbocycles. The van der Waals surface area contributed by atoms with Crippen molar-refractivity contribution in [2.24, 2.45) is 0 Å². The topological polar surface area (TPSA) is 58.6 Å². The van der Waals surface area contributed by atoms with E-state index in [-0.39, 0.29) is 18.3 Å². The normalized spacial score (nSPS) is 12.9. The van der Waals surface area contributed by atoms with Crippen molar-refractivity contribution in [2.75, 3.05) is 6.61 Å². The van der Waals surface area contributed by atoms with Crippen molar-refractivity contribution in [1.82, 2.24) is 5.32 Å². The first-order valence-corrected chi connectivity index (χ1v) is 5.69. The summed E-state index contributed by atoms with van der Waals surface area (Å²) in [5, 5.41) is 12.1. The molecule has 0 aliphatic heterocycles. The van der Waals surface area contributed by atoms with Gasteiger partial charge in [-0.2, -0.15) is 0 Å². The van der Waals surface area contributed by atoms with Crippen LogP contribution in [0.25, 0.3) is 0 Å². The van der Waals surface area contributed by atoms with Crippen LogP contribution in [0.3, 0.4) is 0 Å². The molecule has 0 heterocycles. The van der Waals surface area contributed by atoms with Crippen LogP contribution in [0.4, 0.5) is 4.39 Å². The fourth-order valence-electron chi connectivity index (χ4n) is 1.18. The molecule has 0 saturated heterocycles. The summed E-state index contributed by atoms with van der Waals surface area (Å²) in [6.45, 7) is 4.85. The number of carbonyl (C=O) groups excluding carboxylic acids is 1. The van der Waals surface area contributed by atoms with Crippen LogP contribution < -0.4 is 10.1 Å². The molecule has 4 nitrogen and oxygen atoms in total. The Balaban J connectivity index is 2.44. The smallest absolute Gasteiger partial charge is 0.258 e. The lowest BCUT2D eigenvalue weighted by Crippen LogP contribution is -2.52. The van der Waals surface area contributed by atoms with Gasteiger partial charge in [-0.25, -0.2) is 4.39 Å². The molecule has 0 spiro atoms. The third kappa shape index (κ3) is 4.33. The molecule has 18 heavy (non-hydrogen) atoms. The van der Waals surface area contributed by atoms with E-state index in [0.717, 1.165) is 0 Å². The Morgan fingerprint density at radius 2 is 2.00 bits per heavy atom. The minimum absolute atomic E-state index is 0.179. The summed E-state index contributed by atoms with van der Waals surface area (Å²) in [5.41, 5.74) is -0.719. The fraction of sp³-hybridized carbons (Fsp3) is 0.462. The third-order valence-corrected chi connectivity index (χ3v) is 2.69. The Morgan fingerprint density at radius 1 is 1.44 bits per heavy atom. The molecular weight excluding hydrogens is 237 g/mol. The van der Waals surface area contributed by atoms with Gasteiger partial charge in [0.1, 0.15) is 11.6 Å². The molecule has 1 atom stereocenters. The predicted octanol–water partition coefficient (Wildman–Crippen LogP) is 1.48. The molecule has 0 aromatic heterocycles. The number of hydrogen-bond donors (Lipinski definition) is 2. The molecule has 0 saturated carbocycles. The second-order valence-corrected chi connectivity index (χ2v) is 4.69. The highest BCUT2D eigenvalue weighted by atomic mass is 19.1. The van der Waals surface area contributed by atoms with Crippen molar-refractivity contribution in [2.45, 2.75) is 32.4 Å². The summed E-state index contributed by atoms with van der Waals surface area (Å²) >= 11 is 0. The highest BCUT2D eigenvalue weighted by molar-refractivity contribution is 5.78. The van der Waals surface area contributed by atoms with Crippen LogP contribution in [0.2, 0.25) is 0 Å². The molecule has 0 bridgehead atoms. The Hall–Kier alpha value is -1.62. The van der Waals surface area contributed by atoms with Gasteiger partial charge in [-0.05, 0) is 45.0 Å². The van der Waals surface area contributed by atoms with E-state index in [2.05, 4.69) is 5.32 Å². The Kier molecular flexibility index (Phi) is 4.67. The van der Waals surface area contributed by atoms with E-state index in [0.29, 0.717) is 5.75 Å². The maximum absolute atomic E-state index is 12.6. The molecule has 0 fully saturated rings. The average molecular weight is 255 g/mol. The van der Waals surface area contributed by atoms with Crippen molar-refractivity contribution in [3.63, 3.8) is 0 Å². The molecule has 0 aliphatic rings. The lowest BCUT2D eigenvalue weighted by molar-refractivity contribution is -0.126. The highest BCUT2D eigenvalue weighted by Crippen LogP contribution is 2.11. The molecule has 1 unspecified atom stereocenters. The number of aliphatic hydroxyl groups excluding tert-OH is 1. The summed E-state index contributed by atoms with van der Waals surface area (Å²) < 4.78 is 17.8. The summed E-state index contributed by atoms with van der Waals surface area (Å²) in [5.74, 6) is -0.284. The van der Waals surface area contributed by atoms with E-state index in [1.54, 1.807) is 20.8 Å². The van der Waals surface area contributed by atoms with Crippen LogP contribution in [0, 0.1) is 5.82 Å². The standard InChI is InChI=1S/C13H18FNO3/c1-9(16)13(2,3)15-12(17)8-18-11-6-4-10(14)5-7-11/h4-7,9,16H,8H2,1-3H3,(H,15,17). The van der Waals surface area contributed by atoms with Gasteiger partial charge < -0.3 is 15.2 Å². The van der Waals surface area contributed by atoms with Crippen LogP contribution >= 0.6 is 0 Å². The summed E-state index contributed by atoms with van der Waals surface area (Å²) in [7, 11) is 0. The molecule has 1 rings (SSSR count). The first-order valence-electron chi connectivity index (χ1n) is 5.69. The van der Waals surface area contributed by atoms with Gasteiger partial charge in [-0.15, -0.1) is 0 Å². The van der Waals surface area contributed by atoms with E-state index in [1.807, 2.05) is 0 Å². The van der Waals surface area contributed by atoms with E-state index in [4.69, 9.17) is 4.74 Å². The zero-order chi connectivity index (χ0) is 13.8. The number of nitrogens with one attached hydrogen (secondary N) is 1. The monoisotopic (exact) mass is 255 g/mol. The molecule has 2 N–H and O–H groups in total. The van der Waals surface area contributed by atoms with Crippen molar-refractivity contribution >= 4 is 5.91 Å². The number of hydrogen-bond acceptors (Lipinski definition) is 3. The third-order valence-electron chi connectivity index (χ3n) is 2.69. The summed E-state index contributed by atoms with van der Waals surface area (Å²) in [6.07, 6.45) is -0.674. The molecule has 1 aromatic carbocycles. The van der Waals surface area contributed by atoms with Crippen molar-refractivity contribution < 1.29 is 19.0 Å². The van der Waals surface area contributed by atoms with Crippen LogP contribution in [-0.2, 0) is 4.79 Å². The maximum atomic E-state index is 12.6. The predicted molar refractivity (Wildman–Crippen MR) is 65.8 cm³/mol. The van der Waals surface area contributed by atoms with Crippen molar-refractivity contribution in [3.8, 4) is 5.75 Å². The van der Waals surface area contributed by atoms with Gasteiger partial charge in [0.2, 0.25) is 0 Å². The zero-order valence-electron chi connectivity index (χ0n) is 10.7. The molecule has 100 valence electrons. The Morgan fingerprint density at radius 3 is 2.50 bits per heavy atom. The Labute approximate surface area is 106 Å². The highest BCUT2D eigenvalue weighted by Gasteiger charge is 2.25. The number of amides is 1. The number of rotatable bonds is 5. The lowest BCUT2D eigenvalue weighted by atomic mass is 9.99. The van der Waals surface area contributed by atoms with Gasteiger partial charge in [-0.1, -0.05) is 0 Å². The molecule has 1 amide bonds. The van der Waals surface area contributed by atoms with Gasteiger partial charge in [0.05, 0.1) is 11.6 Å². The summed E-state index contributed by atoms with van der Waals surface area (Å²) in [6, 6.07) is 5.41. The number of aliphatic hydroxyl groups is 1. The molecule has 5 heteroatoms. The number of halogens is 1. The van der Waals surface area contributed by atoms with Gasteiger partial charge in [0.15, 0.2) is 6.61 Å². The molecule has 1 aromatic rings. The quantitative estimate of drug-likeness (QED) is 0.838. The van der Waals surface area contributed by atoms with E-state index in [9.17, 15) is 14.3 Å². The second kappa shape index (κ2) is 5.82. The van der Waals surface area contributed by atoms with E-state index in [1.165, 1.54) is 24.3 Å². The first kappa shape index (κ1) is 14.4. The van der Waals surface area contributed by atoms with Gasteiger partial charge in [0, 0.05) is 0 Å². The minimum atomic E-state index is -0.719. The second-order valence-electron chi connectivity index (χ2n) is 4.69. The summed E-state index contributed by atoms with van der Waals surface area (Å²) in [4.78, 5) is 11.6. The number of carbonyl (C=O) groups is 1. The largest absolute Gasteiger partial charge is 0.484 e. The zero-order valence-corrected chi connectivity index (χ0v) is 10.7. The van der Waals surface area contributed by atoms with E-state index < -0.39 is 11.6 Å². The average Bonchev–Trinajstić information content (AvgIpc) is 2.27. The van der Waals surface area contributed by atoms with Crippen LogP contribution in [0.15, 0.2) is 24.3 Å². The first-order chi connectivity index (χ1) is 8.31. The SMILES string of the molecule is CC(O)C(C)(C)NC(=O)COc1ccc(F)cc1. The van der Waals surface area contributed by atoms with E-state index >= 15 is 0 Å². The van der Waals surface area contributed by atoms with Gasteiger partial charge >= 0.3 is 0 Å². The molecular formula is C13H18FNO3. The van der Waals surface area contributed by atoms with Crippen LogP contribution in [-0.4, -0.2) is 29.3 Å². The number of ether oxygens (including phenoxy) is 1. The van der Waals surface area contributed by atoms with Crippen molar-refractivity contribution in [3.05, 3.63) is 30.1 Å². The molecule has 0 radical (unpaired) electrons. The van der Waals surface area contributed by atoms with Gasteiger partial charge in [-0.3, -0.25) is 4.79 Å². The fourth-order valence-corrected chi connectivity index (χ4v) is 1.18. The number of benzene rings is 1. The van der Waals surface area contributed by atoms with Crippen LogP contribution in [0.1, 0.15) is 20.8 Å². The van der Waals surface area contributed by atoms with Crippen LogP contribution in [0.5, 0.6) is 5.75 Å². The van der Waals surface area contributed by atoms with Gasteiger partial charge in [0.25, 0.3) is 5.91 Å². The maximum Gasteiger partial charge on any atom is 0.258 e.